The maximum absolute atomic E-state index is 12.5. The van der Waals surface area contributed by atoms with Gasteiger partial charge >= 0.3 is 0 Å². The van der Waals surface area contributed by atoms with Crippen LogP contribution in [0.2, 0.25) is 0 Å². The van der Waals surface area contributed by atoms with Crippen molar-refractivity contribution in [1.29, 1.82) is 0 Å². The highest BCUT2D eigenvalue weighted by molar-refractivity contribution is 7.86. The normalized spacial score (nSPS) is 21.9. The molecule has 0 aliphatic carbocycles. The van der Waals surface area contributed by atoms with E-state index in [0.717, 1.165) is 18.4 Å². The Morgan fingerprint density at radius 2 is 2.37 bits per heavy atom. The van der Waals surface area contributed by atoms with Crippen LogP contribution in [-0.4, -0.2) is 43.7 Å². The third kappa shape index (κ3) is 3.36. The molecule has 0 radical (unpaired) electrons. The average Bonchev–Trinajstić information content (AvgIpc) is 2.91. The van der Waals surface area contributed by atoms with Gasteiger partial charge in [-0.1, -0.05) is 0 Å². The standard InChI is InChI=1S/C12H21N3O3S/c1-14(8-12-4-6-18-10-12)19(16,17)15-5-2-3-11(7-13)9-15/h4,6,10-11H,2-3,5,7-9,13H2,1H3. The molecule has 2 rings (SSSR count). The van der Waals surface area contributed by atoms with Gasteiger partial charge in [0.1, 0.15) is 0 Å². The molecule has 1 unspecified atom stereocenters. The summed E-state index contributed by atoms with van der Waals surface area (Å²) in [6.07, 6.45) is 4.99. The predicted molar refractivity (Wildman–Crippen MR) is 72.4 cm³/mol. The summed E-state index contributed by atoms with van der Waals surface area (Å²) in [7, 11) is -1.82. The van der Waals surface area contributed by atoms with Crippen LogP contribution in [0.3, 0.4) is 0 Å². The molecule has 0 amide bonds. The molecule has 7 heteroatoms. The Hall–Kier alpha value is -0.890. The fourth-order valence-electron chi connectivity index (χ4n) is 2.35. The molecule has 1 aliphatic heterocycles. The Morgan fingerprint density at radius 3 is 3.00 bits per heavy atom. The molecule has 0 aromatic carbocycles. The van der Waals surface area contributed by atoms with E-state index in [0.29, 0.717) is 26.2 Å². The zero-order chi connectivity index (χ0) is 13.9. The SMILES string of the molecule is CN(Cc1ccoc1)S(=O)(=O)N1CCCC(CN)C1. The van der Waals surface area contributed by atoms with Crippen molar-refractivity contribution in [3.05, 3.63) is 24.2 Å². The van der Waals surface area contributed by atoms with Crippen LogP contribution >= 0.6 is 0 Å². The van der Waals surface area contributed by atoms with E-state index in [1.54, 1.807) is 25.6 Å². The van der Waals surface area contributed by atoms with Gasteiger partial charge in [-0.05, 0) is 31.4 Å². The monoisotopic (exact) mass is 287 g/mol. The van der Waals surface area contributed by atoms with E-state index in [-0.39, 0.29) is 5.92 Å². The molecule has 1 aliphatic rings. The lowest BCUT2D eigenvalue weighted by Gasteiger charge is -2.33. The first kappa shape index (κ1) is 14.5. The lowest BCUT2D eigenvalue weighted by Crippen LogP contribution is -2.47. The number of hydrogen-bond donors (Lipinski definition) is 1. The van der Waals surface area contributed by atoms with Crippen molar-refractivity contribution in [1.82, 2.24) is 8.61 Å². The predicted octanol–water partition coefficient (Wildman–Crippen LogP) is 0.627. The van der Waals surface area contributed by atoms with Crippen LogP contribution in [0.1, 0.15) is 18.4 Å². The van der Waals surface area contributed by atoms with Crippen molar-refractivity contribution in [3.63, 3.8) is 0 Å². The molecule has 1 atom stereocenters. The first-order valence-electron chi connectivity index (χ1n) is 6.46. The van der Waals surface area contributed by atoms with Gasteiger partial charge in [-0.2, -0.15) is 17.0 Å². The molecule has 6 nitrogen and oxygen atoms in total. The van der Waals surface area contributed by atoms with Gasteiger partial charge < -0.3 is 10.2 Å². The van der Waals surface area contributed by atoms with Crippen molar-refractivity contribution in [2.45, 2.75) is 19.4 Å². The minimum Gasteiger partial charge on any atom is -0.472 e. The minimum absolute atomic E-state index is 0.269. The first-order valence-corrected chi connectivity index (χ1v) is 7.86. The van der Waals surface area contributed by atoms with Crippen LogP contribution in [0.5, 0.6) is 0 Å². The average molecular weight is 287 g/mol. The fraction of sp³-hybridized carbons (Fsp3) is 0.667. The molecule has 1 saturated heterocycles. The largest absolute Gasteiger partial charge is 0.472 e. The van der Waals surface area contributed by atoms with Crippen LogP contribution < -0.4 is 5.73 Å². The van der Waals surface area contributed by atoms with Gasteiger partial charge in [0, 0.05) is 32.2 Å². The van der Waals surface area contributed by atoms with Crippen molar-refractivity contribution >= 4 is 10.2 Å². The summed E-state index contributed by atoms with van der Waals surface area (Å²) >= 11 is 0. The maximum Gasteiger partial charge on any atom is 0.282 e. The molecule has 0 saturated carbocycles. The van der Waals surface area contributed by atoms with Crippen molar-refractivity contribution in [2.75, 3.05) is 26.7 Å². The maximum atomic E-state index is 12.5. The first-order chi connectivity index (χ1) is 9.04. The molecular formula is C12H21N3O3S. The quantitative estimate of drug-likeness (QED) is 0.861. The Kier molecular flexibility index (Phi) is 4.62. The van der Waals surface area contributed by atoms with Crippen LogP contribution in [0.4, 0.5) is 0 Å². The lowest BCUT2D eigenvalue weighted by molar-refractivity contribution is 0.255. The van der Waals surface area contributed by atoms with Gasteiger partial charge in [0.05, 0.1) is 12.5 Å². The van der Waals surface area contributed by atoms with Gasteiger partial charge in [-0.15, -0.1) is 0 Å². The van der Waals surface area contributed by atoms with Crippen LogP contribution in [-0.2, 0) is 16.8 Å². The Bertz CT molecular complexity index is 486. The van der Waals surface area contributed by atoms with E-state index in [9.17, 15) is 8.42 Å². The van der Waals surface area contributed by atoms with Gasteiger partial charge in [-0.3, -0.25) is 0 Å². The summed E-state index contributed by atoms with van der Waals surface area (Å²) in [6, 6.07) is 1.77. The summed E-state index contributed by atoms with van der Waals surface area (Å²) < 4.78 is 32.8. The minimum atomic E-state index is -3.41. The zero-order valence-corrected chi connectivity index (χ0v) is 12.0. The highest BCUT2D eigenvalue weighted by Gasteiger charge is 2.31. The number of hydrogen-bond acceptors (Lipinski definition) is 4. The Morgan fingerprint density at radius 1 is 1.58 bits per heavy atom. The molecule has 108 valence electrons. The van der Waals surface area contributed by atoms with Gasteiger partial charge in [0.2, 0.25) is 0 Å². The van der Waals surface area contributed by atoms with E-state index in [4.69, 9.17) is 10.2 Å². The molecule has 2 N–H and O–H groups in total. The summed E-state index contributed by atoms with van der Waals surface area (Å²) in [4.78, 5) is 0. The molecule has 19 heavy (non-hydrogen) atoms. The highest BCUT2D eigenvalue weighted by Crippen LogP contribution is 2.20. The molecule has 1 fully saturated rings. The summed E-state index contributed by atoms with van der Waals surface area (Å²) in [5.74, 6) is 0.269. The summed E-state index contributed by atoms with van der Waals surface area (Å²) in [6.45, 7) is 1.96. The van der Waals surface area contributed by atoms with E-state index < -0.39 is 10.2 Å². The third-order valence-electron chi connectivity index (χ3n) is 3.52. The van der Waals surface area contributed by atoms with Crippen molar-refractivity contribution in [3.8, 4) is 0 Å². The zero-order valence-electron chi connectivity index (χ0n) is 11.2. The van der Waals surface area contributed by atoms with E-state index in [1.807, 2.05) is 0 Å². The van der Waals surface area contributed by atoms with Gasteiger partial charge in [0.15, 0.2) is 0 Å². The summed E-state index contributed by atoms with van der Waals surface area (Å²) in [5.41, 5.74) is 6.49. The molecule has 0 spiro atoms. The van der Waals surface area contributed by atoms with Crippen LogP contribution in [0.15, 0.2) is 23.0 Å². The van der Waals surface area contributed by atoms with Gasteiger partial charge in [0.25, 0.3) is 10.2 Å². The second-order valence-corrected chi connectivity index (χ2v) is 7.03. The third-order valence-corrected chi connectivity index (χ3v) is 5.42. The molecule has 2 heterocycles. The second-order valence-electron chi connectivity index (χ2n) is 5.00. The van der Waals surface area contributed by atoms with Gasteiger partial charge in [-0.25, -0.2) is 0 Å². The van der Waals surface area contributed by atoms with Crippen LogP contribution in [0, 0.1) is 5.92 Å². The Labute approximate surface area is 114 Å². The highest BCUT2D eigenvalue weighted by atomic mass is 32.2. The summed E-state index contributed by atoms with van der Waals surface area (Å²) in [5, 5.41) is 0. The molecule has 0 bridgehead atoms. The molecule has 1 aromatic rings. The van der Waals surface area contributed by atoms with E-state index >= 15 is 0 Å². The Balaban J connectivity index is 2.04. The van der Waals surface area contributed by atoms with Crippen molar-refractivity contribution < 1.29 is 12.8 Å². The number of piperidine rings is 1. The smallest absolute Gasteiger partial charge is 0.282 e. The number of rotatable bonds is 5. The number of nitrogens with two attached hydrogens (primary N) is 1. The second kappa shape index (κ2) is 6.04. The lowest BCUT2D eigenvalue weighted by atomic mass is 10.0. The number of furan rings is 1. The topological polar surface area (TPSA) is 79.8 Å². The fourth-order valence-corrected chi connectivity index (χ4v) is 3.81. The van der Waals surface area contributed by atoms with E-state index in [1.165, 1.54) is 8.61 Å². The van der Waals surface area contributed by atoms with Crippen molar-refractivity contribution in [2.24, 2.45) is 11.7 Å². The number of nitrogens with zero attached hydrogens (tertiary/aromatic N) is 2. The van der Waals surface area contributed by atoms with Crippen LogP contribution in [0.25, 0.3) is 0 Å². The molecule has 1 aromatic heterocycles. The van der Waals surface area contributed by atoms with E-state index in [2.05, 4.69) is 0 Å². The molecular weight excluding hydrogens is 266 g/mol.